The smallest absolute Gasteiger partial charge is 0.305 e. The van der Waals surface area contributed by atoms with Crippen LogP contribution in [0.25, 0.3) is 22.4 Å². The second-order valence-corrected chi connectivity index (χ2v) is 10.4. The summed E-state index contributed by atoms with van der Waals surface area (Å²) in [4.78, 5) is 31.3. The van der Waals surface area contributed by atoms with Crippen LogP contribution in [-0.2, 0) is 4.79 Å². The van der Waals surface area contributed by atoms with Gasteiger partial charge in [-0.15, -0.1) is 0 Å². The number of nitrogens with one attached hydrogen (secondary N) is 1. The van der Waals surface area contributed by atoms with E-state index in [0.717, 1.165) is 35.2 Å². The van der Waals surface area contributed by atoms with Crippen LogP contribution in [0, 0.1) is 12.8 Å². The molecule has 0 aliphatic carbocycles. The fraction of sp³-hybridized carbons (Fsp3) is 0.367. The Balaban J connectivity index is 2.03. The Morgan fingerprint density at radius 1 is 1.08 bits per heavy atom. The summed E-state index contributed by atoms with van der Waals surface area (Å²) in [6.45, 7) is 7.19. The highest BCUT2D eigenvalue weighted by molar-refractivity contribution is 6.32. The van der Waals surface area contributed by atoms with Gasteiger partial charge in [0.25, 0.3) is 5.91 Å². The molecule has 8 heteroatoms. The standard InChI is InChI=1S/C30H36ClN3O4/c1-19(2)26(18-28(35)36)33-30(37)25-14-12-23(22-10-7-6-9-20(22)3)29(32-25)21-11-13-24(31)27(17-21)38-16-8-15-34(4)5/h6-7,9-14,17,19,26H,8,15-16,18H2,1-5H3,(H,33,37)(H,35,36)/t26-/m0/s1. The van der Waals surface area contributed by atoms with Crippen LogP contribution in [0.1, 0.15) is 42.7 Å². The van der Waals surface area contributed by atoms with Gasteiger partial charge in [-0.25, -0.2) is 4.98 Å². The Hall–Kier alpha value is -3.42. The number of aryl methyl sites for hydroxylation is 1. The van der Waals surface area contributed by atoms with Gasteiger partial charge in [-0.05, 0) is 68.8 Å². The SMILES string of the molecule is Cc1ccccc1-c1ccc(C(=O)N[C@@H](CC(=O)O)C(C)C)nc1-c1ccc(Cl)c(OCCCN(C)C)c1. The maximum atomic E-state index is 13.2. The highest BCUT2D eigenvalue weighted by atomic mass is 35.5. The van der Waals surface area contributed by atoms with E-state index in [1.165, 1.54) is 0 Å². The zero-order valence-corrected chi connectivity index (χ0v) is 23.4. The van der Waals surface area contributed by atoms with E-state index < -0.39 is 17.9 Å². The lowest BCUT2D eigenvalue weighted by atomic mass is 9.95. The number of benzene rings is 2. The largest absolute Gasteiger partial charge is 0.492 e. The molecule has 0 spiro atoms. The first kappa shape index (κ1) is 29.1. The number of ether oxygens (including phenoxy) is 1. The Morgan fingerprint density at radius 3 is 2.47 bits per heavy atom. The van der Waals surface area contributed by atoms with E-state index in [-0.39, 0.29) is 18.0 Å². The summed E-state index contributed by atoms with van der Waals surface area (Å²) in [5.74, 6) is -0.885. The Morgan fingerprint density at radius 2 is 1.82 bits per heavy atom. The highest BCUT2D eigenvalue weighted by Gasteiger charge is 2.22. The minimum Gasteiger partial charge on any atom is -0.492 e. The van der Waals surface area contributed by atoms with Crippen LogP contribution < -0.4 is 10.1 Å². The number of hydrogen-bond donors (Lipinski definition) is 2. The van der Waals surface area contributed by atoms with Gasteiger partial charge in [-0.3, -0.25) is 9.59 Å². The van der Waals surface area contributed by atoms with E-state index in [9.17, 15) is 14.7 Å². The van der Waals surface area contributed by atoms with Crippen LogP contribution in [0.2, 0.25) is 5.02 Å². The highest BCUT2D eigenvalue weighted by Crippen LogP contribution is 2.36. The second kappa shape index (κ2) is 13.4. The van der Waals surface area contributed by atoms with E-state index in [1.54, 1.807) is 12.1 Å². The van der Waals surface area contributed by atoms with Crippen LogP contribution in [0.4, 0.5) is 0 Å². The molecule has 0 aliphatic heterocycles. The fourth-order valence-corrected chi connectivity index (χ4v) is 4.28. The zero-order chi connectivity index (χ0) is 27.8. The number of aliphatic carboxylic acids is 1. The lowest BCUT2D eigenvalue weighted by Crippen LogP contribution is -2.40. The van der Waals surface area contributed by atoms with Gasteiger partial charge >= 0.3 is 5.97 Å². The minimum absolute atomic E-state index is 0.0516. The van der Waals surface area contributed by atoms with Crippen molar-refractivity contribution in [2.45, 2.75) is 39.7 Å². The van der Waals surface area contributed by atoms with E-state index >= 15 is 0 Å². The van der Waals surface area contributed by atoms with Crippen molar-refractivity contribution >= 4 is 23.5 Å². The number of amides is 1. The number of pyridine rings is 1. The van der Waals surface area contributed by atoms with Crippen LogP contribution >= 0.6 is 11.6 Å². The number of carboxylic acids is 1. The van der Waals surface area contributed by atoms with Gasteiger partial charge in [0.15, 0.2) is 0 Å². The molecule has 0 saturated carbocycles. The van der Waals surface area contributed by atoms with Crippen molar-refractivity contribution in [3.8, 4) is 28.1 Å². The molecule has 3 aromatic rings. The van der Waals surface area contributed by atoms with Crippen LogP contribution in [-0.4, -0.2) is 60.2 Å². The van der Waals surface area contributed by atoms with Gasteiger partial charge < -0.3 is 20.1 Å². The fourth-order valence-electron chi connectivity index (χ4n) is 4.11. The molecule has 1 heterocycles. The molecule has 3 rings (SSSR count). The summed E-state index contributed by atoms with van der Waals surface area (Å²) in [6, 6.07) is 16.5. The molecule has 0 radical (unpaired) electrons. The molecular weight excluding hydrogens is 502 g/mol. The van der Waals surface area contributed by atoms with E-state index in [2.05, 4.69) is 10.2 Å². The Labute approximate surface area is 229 Å². The molecule has 1 amide bonds. The van der Waals surface area contributed by atoms with Crippen molar-refractivity contribution in [1.29, 1.82) is 0 Å². The van der Waals surface area contributed by atoms with Gasteiger partial charge in [0.2, 0.25) is 0 Å². The maximum absolute atomic E-state index is 13.2. The molecular formula is C30H36ClN3O4. The van der Waals surface area contributed by atoms with Gasteiger partial charge in [-0.1, -0.05) is 55.8 Å². The van der Waals surface area contributed by atoms with Crippen LogP contribution in [0.15, 0.2) is 54.6 Å². The summed E-state index contributed by atoms with van der Waals surface area (Å²) in [5, 5.41) is 12.6. The summed E-state index contributed by atoms with van der Waals surface area (Å²) in [7, 11) is 4.03. The maximum Gasteiger partial charge on any atom is 0.305 e. The third-order valence-electron chi connectivity index (χ3n) is 6.29. The zero-order valence-electron chi connectivity index (χ0n) is 22.6. The summed E-state index contributed by atoms with van der Waals surface area (Å²) < 4.78 is 5.99. The van der Waals surface area contributed by atoms with Crippen LogP contribution in [0.3, 0.4) is 0 Å². The normalized spacial score (nSPS) is 12.0. The predicted octanol–water partition coefficient (Wildman–Crippen LogP) is 5.94. The summed E-state index contributed by atoms with van der Waals surface area (Å²) in [5.41, 5.74) is 4.51. The average Bonchev–Trinajstić information content (AvgIpc) is 2.86. The van der Waals surface area contributed by atoms with Crippen molar-refractivity contribution < 1.29 is 19.4 Å². The molecule has 0 fully saturated rings. The number of carboxylic acid groups (broad SMARTS) is 1. The first-order chi connectivity index (χ1) is 18.1. The molecule has 0 aliphatic rings. The van der Waals surface area contributed by atoms with Gasteiger partial charge in [0, 0.05) is 23.7 Å². The molecule has 1 aromatic heterocycles. The second-order valence-electron chi connectivity index (χ2n) is 9.98. The quantitative estimate of drug-likeness (QED) is 0.278. The Kier molecular flexibility index (Phi) is 10.3. The molecule has 2 aromatic carbocycles. The molecule has 202 valence electrons. The lowest BCUT2D eigenvalue weighted by molar-refractivity contribution is -0.137. The first-order valence-corrected chi connectivity index (χ1v) is 13.1. The van der Waals surface area contributed by atoms with Crippen molar-refractivity contribution in [2.24, 2.45) is 5.92 Å². The van der Waals surface area contributed by atoms with Gasteiger partial charge in [0.1, 0.15) is 11.4 Å². The third-order valence-corrected chi connectivity index (χ3v) is 6.60. The molecule has 38 heavy (non-hydrogen) atoms. The van der Waals surface area contributed by atoms with Crippen molar-refractivity contribution in [1.82, 2.24) is 15.2 Å². The number of aromatic nitrogens is 1. The number of carbonyl (C=O) groups is 2. The monoisotopic (exact) mass is 537 g/mol. The van der Waals surface area contributed by atoms with Crippen molar-refractivity contribution in [2.75, 3.05) is 27.2 Å². The number of halogens is 1. The minimum atomic E-state index is -0.966. The number of nitrogens with zero attached hydrogens (tertiary/aromatic N) is 2. The van der Waals surface area contributed by atoms with Crippen molar-refractivity contribution in [3.05, 3.63) is 70.9 Å². The number of carbonyl (C=O) groups excluding carboxylic acids is 1. The van der Waals surface area contributed by atoms with E-state index in [1.807, 2.05) is 77.3 Å². The molecule has 1 atom stereocenters. The molecule has 0 unspecified atom stereocenters. The molecule has 2 N–H and O–H groups in total. The summed E-state index contributed by atoms with van der Waals surface area (Å²) in [6.07, 6.45) is 0.687. The Bertz CT molecular complexity index is 1280. The number of hydrogen-bond acceptors (Lipinski definition) is 5. The molecule has 0 saturated heterocycles. The first-order valence-electron chi connectivity index (χ1n) is 12.7. The molecule has 7 nitrogen and oxygen atoms in total. The number of rotatable bonds is 12. The van der Waals surface area contributed by atoms with Crippen LogP contribution in [0.5, 0.6) is 5.75 Å². The lowest BCUT2D eigenvalue weighted by Gasteiger charge is -2.21. The van der Waals surface area contributed by atoms with E-state index in [0.29, 0.717) is 23.1 Å². The van der Waals surface area contributed by atoms with E-state index in [4.69, 9.17) is 21.3 Å². The summed E-state index contributed by atoms with van der Waals surface area (Å²) >= 11 is 6.45. The van der Waals surface area contributed by atoms with Gasteiger partial charge in [-0.2, -0.15) is 0 Å². The average molecular weight is 538 g/mol. The van der Waals surface area contributed by atoms with Crippen molar-refractivity contribution in [3.63, 3.8) is 0 Å². The topological polar surface area (TPSA) is 91.8 Å². The molecule has 0 bridgehead atoms. The predicted molar refractivity (Wildman–Crippen MR) is 152 cm³/mol. The van der Waals surface area contributed by atoms with Gasteiger partial charge in [0.05, 0.1) is 23.7 Å². The third kappa shape index (κ3) is 7.79.